The molecule has 1 atom stereocenters. The molecule has 2 aromatic rings. The van der Waals surface area contributed by atoms with Gasteiger partial charge < -0.3 is 19.6 Å². The zero-order chi connectivity index (χ0) is 21.2. The summed E-state index contributed by atoms with van der Waals surface area (Å²) >= 11 is 0. The minimum absolute atomic E-state index is 0.00518. The first-order valence-corrected chi connectivity index (χ1v) is 10.4. The standard InChI is InChI=1S/C22H32N4O3/c1-5-19(18-11-9-8-10-12-18)22(28)26(14-13-25(6-2)7-3)16-21(27)23-20-15-17(4)29-24-20/h8-12,15,19H,5-7,13-14,16H2,1-4H3,(H,23,24,27)/p+1/t19-/m1/s1. The zero-order valence-corrected chi connectivity index (χ0v) is 17.9. The molecule has 0 unspecified atom stereocenters. The second kappa shape index (κ2) is 11.4. The van der Waals surface area contributed by atoms with Gasteiger partial charge in [0.1, 0.15) is 12.3 Å². The van der Waals surface area contributed by atoms with Gasteiger partial charge in [0.2, 0.25) is 11.8 Å². The predicted octanol–water partition coefficient (Wildman–Crippen LogP) is 1.87. The number of carbonyl (C=O) groups excluding carboxylic acids is 2. The van der Waals surface area contributed by atoms with Crippen LogP contribution in [0.1, 0.15) is 44.4 Å². The monoisotopic (exact) mass is 401 g/mol. The third kappa shape index (κ3) is 6.71. The molecule has 1 heterocycles. The molecule has 0 aliphatic rings. The molecular formula is C22H33N4O3+. The maximum atomic E-state index is 13.4. The highest BCUT2D eigenvalue weighted by atomic mass is 16.5. The molecule has 0 aliphatic carbocycles. The van der Waals surface area contributed by atoms with Gasteiger partial charge in [-0.25, -0.2) is 0 Å². The second-order valence-corrected chi connectivity index (χ2v) is 7.21. The average Bonchev–Trinajstić information content (AvgIpc) is 3.13. The molecule has 158 valence electrons. The highest BCUT2D eigenvalue weighted by Crippen LogP contribution is 2.22. The maximum Gasteiger partial charge on any atom is 0.245 e. The van der Waals surface area contributed by atoms with Gasteiger partial charge in [-0.15, -0.1) is 0 Å². The van der Waals surface area contributed by atoms with Gasteiger partial charge in [0, 0.05) is 6.07 Å². The number of hydrogen-bond donors (Lipinski definition) is 2. The van der Waals surface area contributed by atoms with Crippen molar-refractivity contribution in [3.05, 3.63) is 47.7 Å². The Labute approximate surface area is 173 Å². The van der Waals surface area contributed by atoms with Gasteiger partial charge >= 0.3 is 0 Å². The second-order valence-electron chi connectivity index (χ2n) is 7.21. The lowest BCUT2D eigenvalue weighted by molar-refractivity contribution is -0.895. The van der Waals surface area contributed by atoms with Crippen LogP contribution in [0.15, 0.2) is 40.9 Å². The summed E-state index contributed by atoms with van der Waals surface area (Å²) in [5, 5.41) is 6.51. The molecule has 1 aromatic heterocycles. The van der Waals surface area contributed by atoms with Crippen molar-refractivity contribution in [2.24, 2.45) is 0 Å². The molecule has 29 heavy (non-hydrogen) atoms. The fraction of sp³-hybridized carbons (Fsp3) is 0.500. The molecule has 7 heteroatoms. The van der Waals surface area contributed by atoms with E-state index in [1.165, 1.54) is 4.90 Å². The van der Waals surface area contributed by atoms with Crippen molar-refractivity contribution >= 4 is 17.6 Å². The number of nitrogens with zero attached hydrogens (tertiary/aromatic N) is 2. The van der Waals surface area contributed by atoms with Gasteiger partial charge in [-0.2, -0.15) is 0 Å². The van der Waals surface area contributed by atoms with Crippen LogP contribution in [0.3, 0.4) is 0 Å². The number of hydrogen-bond acceptors (Lipinski definition) is 4. The van der Waals surface area contributed by atoms with Crippen molar-refractivity contribution in [3.63, 3.8) is 0 Å². The van der Waals surface area contributed by atoms with E-state index >= 15 is 0 Å². The molecule has 0 spiro atoms. The number of amides is 2. The maximum absolute atomic E-state index is 13.4. The summed E-state index contributed by atoms with van der Waals surface area (Å²) in [6.07, 6.45) is 0.682. The summed E-state index contributed by atoms with van der Waals surface area (Å²) in [6, 6.07) is 11.4. The topological polar surface area (TPSA) is 79.9 Å². The van der Waals surface area contributed by atoms with Crippen molar-refractivity contribution < 1.29 is 19.0 Å². The number of aryl methyl sites for hydroxylation is 1. The lowest BCUT2D eigenvalue weighted by Gasteiger charge is -2.28. The smallest absolute Gasteiger partial charge is 0.245 e. The molecule has 0 radical (unpaired) electrons. The largest absolute Gasteiger partial charge is 0.360 e. The number of quaternary nitrogens is 1. The third-order valence-electron chi connectivity index (χ3n) is 5.19. The van der Waals surface area contributed by atoms with Gasteiger partial charge in [-0.05, 0) is 32.8 Å². The molecule has 0 bridgehead atoms. The first-order chi connectivity index (χ1) is 14.0. The molecule has 2 N–H and O–H groups in total. The van der Waals surface area contributed by atoms with Crippen molar-refractivity contribution in [2.45, 2.75) is 40.0 Å². The highest BCUT2D eigenvalue weighted by molar-refractivity contribution is 5.95. The van der Waals surface area contributed by atoms with E-state index in [9.17, 15) is 9.59 Å². The van der Waals surface area contributed by atoms with Crippen LogP contribution in [-0.4, -0.2) is 54.6 Å². The molecule has 0 fully saturated rings. The first-order valence-electron chi connectivity index (χ1n) is 10.4. The summed E-state index contributed by atoms with van der Waals surface area (Å²) in [5.41, 5.74) is 0.979. The Kier molecular flexibility index (Phi) is 8.86. The average molecular weight is 402 g/mol. The first kappa shape index (κ1) is 22.6. The summed E-state index contributed by atoms with van der Waals surface area (Å²) in [5.74, 6) is 0.434. The Balaban J connectivity index is 2.13. The third-order valence-corrected chi connectivity index (χ3v) is 5.19. The van der Waals surface area contributed by atoms with E-state index in [-0.39, 0.29) is 24.3 Å². The summed E-state index contributed by atoms with van der Waals surface area (Å²) in [6.45, 7) is 11.3. The Morgan fingerprint density at radius 3 is 2.41 bits per heavy atom. The number of benzene rings is 1. The van der Waals surface area contributed by atoms with Crippen LogP contribution < -0.4 is 10.2 Å². The Bertz CT molecular complexity index is 771. The summed E-state index contributed by atoms with van der Waals surface area (Å²) in [7, 11) is 0. The van der Waals surface area contributed by atoms with Crippen molar-refractivity contribution in [2.75, 3.05) is 38.0 Å². The molecular weight excluding hydrogens is 368 g/mol. The molecule has 0 aliphatic heterocycles. The minimum Gasteiger partial charge on any atom is -0.360 e. The number of anilines is 1. The fourth-order valence-corrected chi connectivity index (χ4v) is 3.40. The SMILES string of the molecule is CC[C@@H](C(=O)N(CC[NH+](CC)CC)CC(=O)Nc1cc(C)on1)c1ccccc1. The Morgan fingerprint density at radius 1 is 1.17 bits per heavy atom. The zero-order valence-electron chi connectivity index (χ0n) is 17.9. The van der Waals surface area contributed by atoms with E-state index < -0.39 is 0 Å². The quantitative estimate of drug-likeness (QED) is 0.602. The van der Waals surface area contributed by atoms with Crippen LogP contribution in [-0.2, 0) is 9.59 Å². The van der Waals surface area contributed by atoms with Crippen LogP contribution in [0.2, 0.25) is 0 Å². The Morgan fingerprint density at radius 2 is 1.86 bits per heavy atom. The molecule has 2 rings (SSSR count). The van der Waals surface area contributed by atoms with Gasteiger partial charge in [-0.1, -0.05) is 42.4 Å². The van der Waals surface area contributed by atoms with Gasteiger partial charge in [0.15, 0.2) is 5.82 Å². The van der Waals surface area contributed by atoms with Crippen LogP contribution in [0.5, 0.6) is 0 Å². The summed E-state index contributed by atoms with van der Waals surface area (Å²) in [4.78, 5) is 29.0. The van der Waals surface area contributed by atoms with Crippen LogP contribution in [0, 0.1) is 6.92 Å². The number of aromatic nitrogens is 1. The molecule has 0 saturated heterocycles. The number of likely N-dealkylation sites (N-methyl/N-ethyl adjacent to an activating group) is 1. The van der Waals surface area contributed by atoms with Crippen LogP contribution in [0.25, 0.3) is 0 Å². The van der Waals surface area contributed by atoms with Gasteiger partial charge in [0.05, 0.1) is 32.1 Å². The lowest BCUT2D eigenvalue weighted by atomic mass is 9.95. The van der Waals surface area contributed by atoms with Crippen LogP contribution >= 0.6 is 0 Å². The molecule has 7 nitrogen and oxygen atoms in total. The number of nitrogens with one attached hydrogen (secondary N) is 2. The van der Waals surface area contributed by atoms with Gasteiger partial charge in [-0.3, -0.25) is 9.59 Å². The predicted molar refractivity (Wildman–Crippen MR) is 113 cm³/mol. The van der Waals surface area contributed by atoms with E-state index in [2.05, 4.69) is 24.3 Å². The molecule has 2 amide bonds. The number of carbonyl (C=O) groups is 2. The molecule has 0 saturated carbocycles. The van der Waals surface area contributed by atoms with Crippen molar-refractivity contribution in [3.8, 4) is 0 Å². The van der Waals surface area contributed by atoms with E-state index in [0.717, 1.165) is 25.2 Å². The molecule has 1 aromatic carbocycles. The van der Waals surface area contributed by atoms with E-state index in [0.29, 0.717) is 24.5 Å². The highest BCUT2D eigenvalue weighted by Gasteiger charge is 2.27. The summed E-state index contributed by atoms with van der Waals surface area (Å²) < 4.78 is 4.99. The lowest BCUT2D eigenvalue weighted by Crippen LogP contribution is -3.12. The fourth-order valence-electron chi connectivity index (χ4n) is 3.40. The minimum atomic E-state index is -0.274. The normalized spacial score (nSPS) is 12.0. The van der Waals surface area contributed by atoms with E-state index in [1.54, 1.807) is 17.9 Å². The van der Waals surface area contributed by atoms with Gasteiger partial charge in [0.25, 0.3) is 0 Å². The van der Waals surface area contributed by atoms with Crippen molar-refractivity contribution in [1.82, 2.24) is 10.1 Å². The van der Waals surface area contributed by atoms with Crippen LogP contribution in [0.4, 0.5) is 5.82 Å². The van der Waals surface area contributed by atoms with E-state index in [1.807, 2.05) is 37.3 Å². The van der Waals surface area contributed by atoms with E-state index in [4.69, 9.17) is 4.52 Å². The Hall–Kier alpha value is -2.67. The van der Waals surface area contributed by atoms with Crippen molar-refractivity contribution in [1.29, 1.82) is 0 Å². The number of rotatable bonds is 11.